The fourth-order valence-corrected chi connectivity index (χ4v) is 4.14. The van der Waals surface area contributed by atoms with E-state index in [-0.39, 0.29) is 36.0 Å². The summed E-state index contributed by atoms with van der Waals surface area (Å²) in [6.07, 6.45) is 10.2. The summed E-state index contributed by atoms with van der Waals surface area (Å²) in [7, 11) is 5.61. The monoisotopic (exact) mass is 483 g/mol. The second kappa shape index (κ2) is 22.0. The molecule has 0 aromatic heterocycles. The lowest BCUT2D eigenvalue weighted by Crippen LogP contribution is -2.50. The predicted octanol–water partition coefficient (Wildman–Crippen LogP) is 2.52. The molecule has 8 nitrogen and oxygen atoms in total. The first-order valence-electron chi connectivity index (χ1n) is 13.5. The van der Waals surface area contributed by atoms with E-state index >= 15 is 0 Å². The minimum absolute atomic E-state index is 0.0328. The molecule has 0 aliphatic rings. The standard InChI is InChI=1S/C26H53N5O3/c1-6-8-9-10-15-21(25(33)30-7-2)20-24(32)22(16-11-13-18-27-3)31-26(34)23(29-5)17-12-14-19-28-4/h21-23,27-29H,6-20H2,1-5H3,(H,30,33)(H,31,34). The number of amides is 2. The molecule has 2 amide bonds. The largest absolute Gasteiger partial charge is 0.356 e. The van der Waals surface area contributed by atoms with E-state index in [0.717, 1.165) is 70.9 Å². The molecule has 0 saturated heterocycles. The quantitative estimate of drug-likeness (QED) is 0.143. The normalized spacial score (nSPS) is 13.8. The van der Waals surface area contributed by atoms with Crippen LogP contribution in [0.2, 0.25) is 0 Å². The minimum atomic E-state index is -0.551. The van der Waals surface area contributed by atoms with Crippen LogP contribution in [0.1, 0.15) is 90.9 Å². The molecule has 0 aliphatic carbocycles. The van der Waals surface area contributed by atoms with E-state index in [4.69, 9.17) is 0 Å². The Morgan fingerprint density at radius 1 is 0.676 bits per heavy atom. The van der Waals surface area contributed by atoms with E-state index in [0.29, 0.717) is 19.4 Å². The molecular weight excluding hydrogens is 430 g/mol. The highest BCUT2D eigenvalue weighted by Crippen LogP contribution is 2.18. The summed E-state index contributed by atoms with van der Waals surface area (Å²) in [4.78, 5) is 38.9. The van der Waals surface area contributed by atoms with Crippen LogP contribution in [0.25, 0.3) is 0 Å². The number of rotatable bonds is 23. The molecule has 200 valence electrons. The fraction of sp³-hybridized carbons (Fsp3) is 0.885. The Labute approximate surface area is 208 Å². The number of nitrogens with one attached hydrogen (secondary N) is 5. The summed E-state index contributed by atoms with van der Waals surface area (Å²) < 4.78 is 0. The Balaban J connectivity index is 5.19. The number of unbranched alkanes of at least 4 members (excludes halogenated alkanes) is 5. The second-order valence-electron chi connectivity index (χ2n) is 9.21. The molecule has 0 bridgehead atoms. The number of hydrogen-bond acceptors (Lipinski definition) is 6. The van der Waals surface area contributed by atoms with Crippen LogP contribution in [0.4, 0.5) is 0 Å². The molecule has 34 heavy (non-hydrogen) atoms. The van der Waals surface area contributed by atoms with E-state index in [9.17, 15) is 14.4 Å². The third-order valence-electron chi connectivity index (χ3n) is 6.28. The summed E-state index contributed by atoms with van der Waals surface area (Å²) in [5.74, 6) is -0.543. The van der Waals surface area contributed by atoms with Crippen molar-refractivity contribution in [3.05, 3.63) is 0 Å². The third kappa shape index (κ3) is 15.4. The average Bonchev–Trinajstić information content (AvgIpc) is 2.82. The lowest BCUT2D eigenvalue weighted by molar-refractivity contribution is -0.132. The van der Waals surface area contributed by atoms with Crippen molar-refractivity contribution in [3.63, 3.8) is 0 Å². The smallest absolute Gasteiger partial charge is 0.237 e. The van der Waals surface area contributed by atoms with Gasteiger partial charge in [0.25, 0.3) is 0 Å². The summed E-state index contributed by atoms with van der Waals surface area (Å²) in [5.41, 5.74) is 0. The molecule has 3 unspecified atom stereocenters. The van der Waals surface area contributed by atoms with E-state index in [1.807, 2.05) is 21.0 Å². The number of Topliss-reactive ketones (excluding diaryl/α,β-unsaturated/α-hetero) is 1. The first-order valence-corrected chi connectivity index (χ1v) is 13.5. The highest BCUT2D eigenvalue weighted by atomic mass is 16.2. The van der Waals surface area contributed by atoms with Gasteiger partial charge in [-0.25, -0.2) is 0 Å². The molecule has 0 fully saturated rings. The molecule has 3 atom stereocenters. The summed E-state index contributed by atoms with van der Waals surface area (Å²) in [6.45, 7) is 6.40. The van der Waals surface area contributed by atoms with Gasteiger partial charge in [-0.2, -0.15) is 0 Å². The number of hydrogen-bond donors (Lipinski definition) is 5. The van der Waals surface area contributed by atoms with Crippen molar-refractivity contribution in [2.24, 2.45) is 5.92 Å². The van der Waals surface area contributed by atoms with Crippen molar-refractivity contribution in [2.45, 2.75) is 103 Å². The number of ketones is 1. The first-order chi connectivity index (χ1) is 16.4. The van der Waals surface area contributed by atoms with E-state index in [1.54, 1.807) is 7.05 Å². The lowest BCUT2D eigenvalue weighted by Gasteiger charge is -2.24. The van der Waals surface area contributed by atoms with Crippen LogP contribution >= 0.6 is 0 Å². The number of carbonyl (C=O) groups excluding carboxylic acids is 3. The predicted molar refractivity (Wildman–Crippen MR) is 141 cm³/mol. The molecule has 0 aliphatic heterocycles. The third-order valence-corrected chi connectivity index (χ3v) is 6.28. The van der Waals surface area contributed by atoms with Gasteiger partial charge in [0.2, 0.25) is 11.8 Å². The van der Waals surface area contributed by atoms with Crippen molar-refractivity contribution < 1.29 is 14.4 Å². The zero-order valence-corrected chi connectivity index (χ0v) is 22.6. The van der Waals surface area contributed by atoms with Crippen LogP contribution in [-0.2, 0) is 14.4 Å². The van der Waals surface area contributed by atoms with Crippen LogP contribution in [-0.4, -0.2) is 70.5 Å². The molecule has 8 heteroatoms. The Morgan fingerprint density at radius 3 is 1.79 bits per heavy atom. The van der Waals surface area contributed by atoms with Crippen molar-refractivity contribution in [1.82, 2.24) is 26.6 Å². The van der Waals surface area contributed by atoms with Gasteiger partial charge in [0, 0.05) is 18.9 Å². The van der Waals surface area contributed by atoms with Crippen molar-refractivity contribution in [2.75, 3.05) is 40.8 Å². The maximum atomic E-state index is 13.3. The van der Waals surface area contributed by atoms with Crippen LogP contribution in [0.3, 0.4) is 0 Å². The maximum absolute atomic E-state index is 13.3. The molecule has 0 heterocycles. The zero-order valence-electron chi connectivity index (χ0n) is 22.6. The van der Waals surface area contributed by atoms with Gasteiger partial charge in [-0.15, -0.1) is 0 Å². The topological polar surface area (TPSA) is 111 Å². The van der Waals surface area contributed by atoms with E-state index < -0.39 is 6.04 Å². The van der Waals surface area contributed by atoms with Gasteiger partial charge < -0.3 is 26.6 Å². The molecule has 0 saturated carbocycles. The average molecular weight is 484 g/mol. The van der Waals surface area contributed by atoms with Crippen molar-refractivity contribution in [3.8, 4) is 0 Å². The minimum Gasteiger partial charge on any atom is -0.356 e. The van der Waals surface area contributed by atoms with E-state index in [2.05, 4.69) is 33.5 Å². The SMILES string of the molecule is CCCCCCC(CC(=O)C(CCCCNC)NC(=O)C(CCCCNC)NC)C(=O)NCC. The van der Waals surface area contributed by atoms with Crippen LogP contribution in [0.15, 0.2) is 0 Å². The molecule has 0 aromatic carbocycles. The van der Waals surface area contributed by atoms with Gasteiger partial charge in [0.1, 0.15) is 0 Å². The number of likely N-dealkylation sites (N-methyl/N-ethyl adjacent to an activating group) is 1. The van der Waals surface area contributed by atoms with Crippen LogP contribution in [0, 0.1) is 5.92 Å². The summed E-state index contributed by atoms with van der Waals surface area (Å²) in [5, 5.41) is 15.3. The maximum Gasteiger partial charge on any atom is 0.237 e. The van der Waals surface area contributed by atoms with Crippen molar-refractivity contribution in [1.29, 1.82) is 0 Å². The zero-order chi connectivity index (χ0) is 25.6. The van der Waals surface area contributed by atoms with Crippen molar-refractivity contribution >= 4 is 17.6 Å². The van der Waals surface area contributed by atoms with Gasteiger partial charge in [-0.3, -0.25) is 14.4 Å². The molecule has 5 N–H and O–H groups in total. The Kier molecular flexibility index (Phi) is 21.0. The molecular formula is C26H53N5O3. The molecule has 0 radical (unpaired) electrons. The Bertz CT molecular complexity index is 545. The summed E-state index contributed by atoms with van der Waals surface area (Å²) in [6, 6.07) is -0.872. The lowest BCUT2D eigenvalue weighted by atomic mass is 9.90. The van der Waals surface area contributed by atoms with Gasteiger partial charge in [-0.1, -0.05) is 39.0 Å². The number of carbonyl (C=O) groups is 3. The second-order valence-corrected chi connectivity index (χ2v) is 9.21. The Hall–Kier alpha value is -1.51. The van der Waals surface area contributed by atoms with Gasteiger partial charge >= 0.3 is 0 Å². The summed E-state index contributed by atoms with van der Waals surface area (Å²) >= 11 is 0. The van der Waals surface area contributed by atoms with Crippen LogP contribution in [0.5, 0.6) is 0 Å². The Morgan fingerprint density at radius 2 is 1.26 bits per heavy atom. The van der Waals surface area contributed by atoms with Crippen LogP contribution < -0.4 is 26.6 Å². The van der Waals surface area contributed by atoms with Gasteiger partial charge in [-0.05, 0) is 79.7 Å². The molecule has 0 spiro atoms. The first kappa shape index (κ1) is 32.5. The van der Waals surface area contributed by atoms with Gasteiger partial charge in [0.05, 0.1) is 12.1 Å². The molecule has 0 rings (SSSR count). The molecule has 0 aromatic rings. The van der Waals surface area contributed by atoms with E-state index in [1.165, 1.54) is 0 Å². The highest BCUT2D eigenvalue weighted by Gasteiger charge is 2.28. The fourth-order valence-electron chi connectivity index (χ4n) is 4.14. The van der Waals surface area contributed by atoms with Gasteiger partial charge in [0.15, 0.2) is 5.78 Å². The highest BCUT2D eigenvalue weighted by molar-refractivity contribution is 5.93.